The Kier molecular flexibility index (Phi) is 10.1. The molecule has 0 radical (unpaired) electrons. The summed E-state index contributed by atoms with van der Waals surface area (Å²) >= 11 is 5.84. The Morgan fingerprint density at radius 2 is 1.83 bits per heavy atom. The van der Waals surface area contributed by atoms with E-state index in [9.17, 15) is 9.59 Å². The first-order valence-electron chi connectivity index (χ1n) is 7.56. The summed E-state index contributed by atoms with van der Waals surface area (Å²) in [4.78, 5) is 22.7. The van der Waals surface area contributed by atoms with Crippen LogP contribution in [0.5, 0.6) is 5.75 Å². The van der Waals surface area contributed by atoms with Gasteiger partial charge in [0.05, 0.1) is 6.42 Å². The van der Waals surface area contributed by atoms with Gasteiger partial charge in [-0.2, -0.15) is 0 Å². The average Bonchev–Trinajstić information content (AvgIpc) is 2.52. The second-order valence-corrected chi connectivity index (χ2v) is 8.45. The molecule has 5 nitrogen and oxygen atoms in total. The molecule has 0 saturated heterocycles. The molecule has 0 aliphatic rings. The third-order valence-electron chi connectivity index (χ3n) is 2.91. The molecule has 24 heavy (non-hydrogen) atoms. The van der Waals surface area contributed by atoms with Crippen molar-refractivity contribution >= 4 is 45.1 Å². The number of rotatable bonds is 11. The topological polar surface area (TPSA) is 75.6 Å². The monoisotopic (exact) mass is 391 g/mol. The third-order valence-corrected chi connectivity index (χ3v) is 5.57. The molecule has 0 fully saturated rings. The summed E-state index contributed by atoms with van der Waals surface area (Å²) in [5, 5.41) is 12.0. The van der Waals surface area contributed by atoms with Crippen LogP contribution in [-0.4, -0.2) is 41.1 Å². The average molecular weight is 392 g/mol. The molecule has 2 N–H and O–H groups in total. The minimum Gasteiger partial charge on any atom is -0.481 e. The highest BCUT2D eigenvalue weighted by atomic mass is 35.5. The number of carbonyl (C=O) groups excluding carboxylic acids is 1. The van der Waals surface area contributed by atoms with Crippen molar-refractivity contribution in [1.29, 1.82) is 0 Å². The van der Waals surface area contributed by atoms with E-state index in [4.69, 9.17) is 21.4 Å². The summed E-state index contributed by atoms with van der Waals surface area (Å²) in [6.07, 6.45) is -0.426. The van der Waals surface area contributed by atoms with Crippen LogP contribution in [0.15, 0.2) is 24.3 Å². The first kappa shape index (κ1) is 21.0. The van der Waals surface area contributed by atoms with E-state index in [0.29, 0.717) is 28.8 Å². The molecule has 1 unspecified atom stereocenters. The summed E-state index contributed by atoms with van der Waals surface area (Å²) in [5.74, 6) is 0.945. The Morgan fingerprint density at radius 3 is 2.42 bits per heavy atom. The van der Waals surface area contributed by atoms with Crippen LogP contribution in [-0.2, 0) is 9.59 Å². The number of ether oxygens (including phenoxy) is 1. The van der Waals surface area contributed by atoms with Crippen molar-refractivity contribution in [2.45, 2.75) is 26.4 Å². The predicted octanol–water partition coefficient (Wildman–Crippen LogP) is 3.72. The normalized spacial score (nSPS) is 12.0. The second kappa shape index (κ2) is 11.5. The van der Waals surface area contributed by atoms with E-state index in [2.05, 4.69) is 5.32 Å². The lowest BCUT2D eigenvalue weighted by Crippen LogP contribution is -2.42. The van der Waals surface area contributed by atoms with Crippen molar-refractivity contribution in [2.75, 3.05) is 18.1 Å². The SMILES string of the molecule is CC(C)C(Oc1ccc(Cl)cc1)C(=O)NCCSSCCC(=O)O. The highest BCUT2D eigenvalue weighted by molar-refractivity contribution is 8.76. The van der Waals surface area contributed by atoms with Gasteiger partial charge in [0.1, 0.15) is 5.75 Å². The number of halogens is 1. The van der Waals surface area contributed by atoms with Gasteiger partial charge in [0.2, 0.25) is 0 Å². The van der Waals surface area contributed by atoms with E-state index < -0.39 is 12.1 Å². The summed E-state index contributed by atoms with van der Waals surface area (Å²) in [6.45, 7) is 4.37. The number of aliphatic carboxylic acids is 1. The first-order chi connectivity index (χ1) is 11.4. The van der Waals surface area contributed by atoms with E-state index in [1.54, 1.807) is 35.1 Å². The van der Waals surface area contributed by atoms with Gasteiger partial charge in [0.25, 0.3) is 5.91 Å². The molecule has 1 atom stereocenters. The van der Waals surface area contributed by atoms with Gasteiger partial charge >= 0.3 is 5.97 Å². The van der Waals surface area contributed by atoms with Crippen molar-refractivity contribution in [3.63, 3.8) is 0 Å². The van der Waals surface area contributed by atoms with Crippen LogP contribution in [0.4, 0.5) is 0 Å². The van der Waals surface area contributed by atoms with Gasteiger partial charge < -0.3 is 15.2 Å². The van der Waals surface area contributed by atoms with Gasteiger partial charge in [-0.1, -0.05) is 47.0 Å². The molecule has 0 heterocycles. The maximum absolute atomic E-state index is 12.3. The predicted molar refractivity (Wildman–Crippen MR) is 101 cm³/mol. The summed E-state index contributed by atoms with van der Waals surface area (Å²) < 4.78 is 5.77. The standard InChI is InChI=1S/C16H22ClNO4S2/c1-11(2)15(22-13-5-3-12(17)4-6-13)16(21)18-8-10-24-23-9-7-14(19)20/h3-6,11,15H,7-10H2,1-2H3,(H,18,21)(H,19,20). The van der Waals surface area contributed by atoms with Crippen LogP contribution in [0.3, 0.4) is 0 Å². The van der Waals surface area contributed by atoms with Gasteiger partial charge in [-0.25, -0.2) is 0 Å². The summed E-state index contributed by atoms with van der Waals surface area (Å²) in [5.41, 5.74) is 0. The zero-order chi connectivity index (χ0) is 17.9. The lowest BCUT2D eigenvalue weighted by Gasteiger charge is -2.21. The molecule has 0 aliphatic heterocycles. The molecule has 8 heteroatoms. The number of carboxylic acid groups (broad SMARTS) is 1. The zero-order valence-corrected chi connectivity index (χ0v) is 16.0. The molecule has 0 saturated carbocycles. The highest BCUT2D eigenvalue weighted by Gasteiger charge is 2.23. The van der Waals surface area contributed by atoms with Crippen molar-refractivity contribution < 1.29 is 19.4 Å². The highest BCUT2D eigenvalue weighted by Crippen LogP contribution is 2.21. The molecule has 1 amide bonds. The molecule has 0 aliphatic carbocycles. The van der Waals surface area contributed by atoms with Gasteiger partial charge in [0, 0.05) is 23.1 Å². The van der Waals surface area contributed by atoms with Crippen molar-refractivity contribution in [3.05, 3.63) is 29.3 Å². The molecule has 134 valence electrons. The van der Waals surface area contributed by atoms with Crippen molar-refractivity contribution in [2.24, 2.45) is 5.92 Å². The number of carboxylic acids is 1. The Balaban J connectivity index is 2.33. The first-order valence-corrected chi connectivity index (χ1v) is 10.4. The van der Waals surface area contributed by atoms with E-state index >= 15 is 0 Å². The molecule has 0 spiro atoms. The maximum Gasteiger partial charge on any atom is 0.304 e. The molecular formula is C16H22ClNO4S2. The Bertz CT molecular complexity index is 525. The molecular weight excluding hydrogens is 370 g/mol. The minimum absolute atomic E-state index is 0.0262. The Labute approximate surface area is 155 Å². The van der Waals surface area contributed by atoms with Crippen LogP contribution in [0.2, 0.25) is 5.02 Å². The molecule has 0 aromatic heterocycles. The minimum atomic E-state index is -0.796. The number of amides is 1. The third kappa shape index (κ3) is 8.70. The van der Waals surface area contributed by atoms with Gasteiger partial charge in [-0.3, -0.25) is 9.59 Å². The molecule has 1 aromatic carbocycles. The second-order valence-electron chi connectivity index (χ2n) is 5.32. The quantitative estimate of drug-likeness (QED) is 0.442. The van der Waals surface area contributed by atoms with Gasteiger partial charge in [0.15, 0.2) is 6.10 Å². The number of nitrogens with one attached hydrogen (secondary N) is 1. The fourth-order valence-electron chi connectivity index (χ4n) is 1.72. The van der Waals surface area contributed by atoms with E-state index in [0.717, 1.165) is 0 Å². The fourth-order valence-corrected chi connectivity index (χ4v) is 3.73. The van der Waals surface area contributed by atoms with Crippen LogP contribution in [0, 0.1) is 5.92 Å². The number of hydrogen-bond acceptors (Lipinski definition) is 5. The van der Waals surface area contributed by atoms with Gasteiger partial charge in [-0.15, -0.1) is 0 Å². The fraction of sp³-hybridized carbons (Fsp3) is 0.500. The molecule has 1 aromatic rings. The summed E-state index contributed by atoms with van der Waals surface area (Å²) in [6, 6.07) is 6.91. The maximum atomic E-state index is 12.3. The largest absolute Gasteiger partial charge is 0.481 e. The van der Waals surface area contributed by atoms with Crippen LogP contribution in [0.25, 0.3) is 0 Å². The number of hydrogen-bond donors (Lipinski definition) is 2. The van der Waals surface area contributed by atoms with E-state index in [-0.39, 0.29) is 18.2 Å². The molecule has 1 rings (SSSR count). The van der Waals surface area contributed by atoms with Crippen molar-refractivity contribution in [1.82, 2.24) is 5.32 Å². The Morgan fingerprint density at radius 1 is 1.21 bits per heavy atom. The van der Waals surface area contributed by atoms with Crippen LogP contribution >= 0.6 is 33.2 Å². The lowest BCUT2D eigenvalue weighted by atomic mass is 10.1. The van der Waals surface area contributed by atoms with Crippen molar-refractivity contribution in [3.8, 4) is 5.75 Å². The van der Waals surface area contributed by atoms with E-state index in [1.807, 2.05) is 13.8 Å². The number of benzene rings is 1. The Hall–Kier alpha value is -1.05. The summed E-state index contributed by atoms with van der Waals surface area (Å²) in [7, 11) is 3.04. The van der Waals surface area contributed by atoms with Gasteiger partial charge in [-0.05, 0) is 30.2 Å². The zero-order valence-electron chi connectivity index (χ0n) is 13.7. The smallest absolute Gasteiger partial charge is 0.304 e. The number of carbonyl (C=O) groups is 2. The van der Waals surface area contributed by atoms with E-state index in [1.165, 1.54) is 10.8 Å². The lowest BCUT2D eigenvalue weighted by molar-refractivity contribution is -0.136. The molecule has 0 bridgehead atoms. The van der Waals surface area contributed by atoms with Crippen LogP contribution < -0.4 is 10.1 Å². The van der Waals surface area contributed by atoms with Crippen LogP contribution in [0.1, 0.15) is 20.3 Å².